The molecule has 0 aliphatic rings. The minimum atomic E-state index is 0.347. The number of methoxy groups -OCH3 is 1. The summed E-state index contributed by atoms with van der Waals surface area (Å²) in [6.07, 6.45) is 2.46. The van der Waals surface area contributed by atoms with Crippen molar-refractivity contribution >= 4 is 39.5 Å². The number of aromatic nitrogens is 1. The summed E-state index contributed by atoms with van der Waals surface area (Å²) in [7, 11) is 1.51. The summed E-state index contributed by atoms with van der Waals surface area (Å²) < 4.78 is 5.82. The second-order valence-corrected chi connectivity index (χ2v) is 4.94. The van der Waals surface area contributed by atoms with Crippen LogP contribution >= 0.6 is 28.1 Å². The Morgan fingerprint density at radius 1 is 1.37 bits per heavy atom. The predicted molar refractivity (Wildman–Crippen MR) is 81.5 cm³/mol. The van der Waals surface area contributed by atoms with Crippen molar-refractivity contribution in [3.8, 4) is 11.3 Å². The Labute approximate surface area is 124 Å². The second-order valence-electron chi connectivity index (χ2n) is 3.71. The zero-order valence-electron chi connectivity index (χ0n) is 10.1. The molecule has 19 heavy (non-hydrogen) atoms. The molecule has 0 unspecified atom stereocenters. The Kier molecular flexibility index (Phi) is 4.39. The number of thiocarbonyl (C=S) groups is 1. The first kappa shape index (κ1) is 13.8. The number of hydrogen-bond donors (Lipinski definition) is 0. The van der Waals surface area contributed by atoms with Crippen LogP contribution in [-0.2, 0) is 4.74 Å². The van der Waals surface area contributed by atoms with Crippen molar-refractivity contribution in [2.24, 2.45) is 0 Å². The highest BCUT2D eigenvalue weighted by Crippen LogP contribution is 2.29. The number of nitrogens with zero attached hydrogens (tertiary/aromatic N) is 1. The lowest BCUT2D eigenvalue weighted by molar-refractivity contribution is 0.112. The molecule has 0 amide bonds. The molecule has 0 bridgehead atoms. The summed E-state index contributed by atoms with van der Waals surface area (Å²) in [6, 6.07) is 9.09. The van der Waals surface area contributed by atoms with Crippen LogP contribution in [0.15, 0.2) is 41.0 Å². The molecule has 1 heterocycles. The molecule has 0 fully saturated rings. The van der Waals surface area contributed by atoms with Crippen LogP contribution in [0.3, 0.4) is 0 Å². The van der Waals surface area contributed by atoms with E-state index in [0.717, 1.165) is 16.3 Å². The SMILES string of the molecule is COC(=S)c1cccnc1-c1cccc(Br)c1C=O. The van der Waals surface area contributed by atoms with E-state index in [9.17, 15) is 4.79 Å². The molecule has 0 radical (unpaired) electrons. The highest BCUT2D eigenvalue weighted by atomic mass is 79.9. The first-order chi connectivity index (χ1) is 9.19. The number of benzene rings is 1. The highest BCUT2D eigenvalue weighted by Gasteiger charge is 2.15. The van der Waals surface area contributed by atoms with Gasteiger partial charge in [-0.05, 0) is 30.4 Å². The van der Waals surface area contributed by atoms with Crippen molar-refractivity contribution in [2.45, 2.75) is 0 Å². The van der Waals surface area contributed by atoms with Gasteiger partial charge in [0.2, 0.25) is 0 Å². The number of ether oxygens (including phenoxy) is 1. The molecule has 0 N–H and O–H groups in total. The van der Waals surface area contributed by atoms with E-state index in [1.807, 2.05) is 24.3 Å². The number of carbonyl (C=O) groups is 1. The Bertz CT molecular complexity index is 643. The van der Waals surface area contributed by atoms with Gasteiger partial charge in [0.15, 0.2) is 11.3 Å². The monoisotopic (exact) mass is 335 g/mol. The van der Waals surface area contributed by atoms with Gasteiger partial charge in [-0.3, -0.25) is 9.78 Å². The number of halogens is 1. The van der Waals surface area contributed by atoms with Gasteiger partial charge in [0.05, 0.1) is 18.4 Å². The maximum Gasteiger partial charge on any atom is 0.193 e. The molecule has 0 saturated heterocycles. The molecule has 2 rings (SSSR count). The molecule has 0 aliphatic carbocycles. The minimum absolute atomic E-state index is 0.347. The third kappa shape index (κ3) is 2.72. The van der Waals surface area contributed by atoms with Gasteiger partial charge in [0, 0.05) is 21.8 Å². The first-order valence-electron chi connectivity index (χ1n) is 5.46. The van der Waals surface area contributed by atoms with Crippen LogP contribution < -0.4 is 0 Å². The van der Waals surface area contributed by atoms with Gasteiger partial charge in [0.1, 0.15) is 0 Å². The predicted octanol–water partition coefficient (Wildman–Crippen LogP) is 3.65. The summed E-state index contributed by atoms with van der Waals surface area (Å²) in [4.78, 5) is 15.6. The molecule has 2 aromatic rings. The highest BCUT2D eigenvalue weighted by molar-refractivity contribution is 9.10. The van der Waals surface area contributed by atoms with Crippen molar-refractivity contribution in [3.63, 3.8) is 0 Å². The third-order valence-electron chi connectivity index (χ3n) is 2.64. The lowest BCUT2D eigenvalue weighted by Gasteiger charge is -2.11. The smallest absolute Gasteiger partial charge is 0.193 e. The molecule has 0 spiro atoms. The molecular formula is C14H10BrNO2S. The van der Waals surface area contributed by atoms with E-state index in [0.29, 0.717) is 21.9 Å². The van der Waals surface area contributed by atoms with Crippen molar-refractivity contribution in [3.05, 3.63) is 52.1 Å². The van der Waals surface area contributed by atoms with Crippen LogP contribution in [0.5, 0.6) is 0 Å². The average molecular weight is 336 g/mol. The van der Waals surface area contributed by atoms with E-state index in [-0.39, 0.29) is 0 Å². The van der Waals surface area contributed by atoms with Crippen LogP contribution in [0.25, 0.3) is 11.3 Å². The molecular weight excluding hydrogens is 326 g/mol. The number of aldehydes is 1. The number of hydrogen-bond acceptors (Lipinski definition) is 4. The van der Waals surface area contributed by atoms with E-state index in [1.165, 1.54) is 7.11 Å². The van der Waals surface area contributed by atoms with Gasteiger partial charge in [-0.2, -0.15) is 0 Å². The second kappa shape index (κ2) is 6.04. The molecule has 1 aromatic heterocycles. The van der Waals surface area contributed by atoms with E-state index >= 15 is 0 Å². The molecule has 3 nitrogen and oxygen atoms in total. The van der Waals surface area contributed by atoms with Gasteiger partial charge < -0.3 is 4.74 Å². The van der Waals surface area contributed by atoms with Crippen LogP contribution in [0, 0.1) is 0 Å². The van der Waals surface area contributed by atoms with Gasteiger partial charge in [-0.25, -0.2) is 0 Å². The van der Waals surface area contributed by atoms with Crippen molar-refractivity contribution in [1.82, 2.24) is 4.98 Å². The molecule has 5 heteroatoms. The molecule has 0 saturated carbocycles. The van der Waals surface area contributed by atoms with E-state index < -0.39 is 0 Å². The summed E-state index contributed by atoms with van der Waals surface area (Å²) in [6.45, 7) is 0. The lowest BCUT2D eigenvalue weighted by Crippen LogP contribution is -2.04. The quantitative estimate of drug-likeness (QED) is 0.634. The maximum absolute atomic E-state index is 11.3. The van der Waals surface area contributed by atoms with E-state index in [1.54, 1.807) is 12.3 Å². The van der Waals surface area contributed by atoms with Gasteiger partial charge in [-0.15, -0.1) is 0 Å². The molecule has 96 valence electrons. The van der Waals surface area contributed by atoms with Crippen LogP contribution in [0.1, 0.15) is 15.9 Å². The van der Waals surface area contributed by atoms with Crippen molar-refractivity contribution in [1.29, 1.82) is 0 Å². The Morgan fingerprint density at radius 2 is 2.16 bits per heavy atom. The number of pyridine rings is 1. The zero-order chi connectivity index (χ0) is 13.8. The molecule has 0 atom stereocenters. The number of carbonyl (C=O) groups excluding carboxylic acids is 1. The van der Waals surface area contributed by atoms with Crippen LogP contribution in [0.4, 0.5) is 0 Å². The fourth-order valence-electron chi connectivity index (χ4n) is 1.76. The topological polar surface area (TPSA) is 39.2 Å². The van der Waals surface area contributed by atoms with Gasteiger partial charge in [0.25, 0.3) is 0 Å². The molecule has 1 aromatic carbocycles. The molecule has 0 aliphatic heterocycles. The zero-order valence-corrected chi connectivity index (χ0v) is 12.5. The Balaban J connectivity index is 2.69. The Morgan fingerprint density at radius 3 is 2.84 bits per heavy atom. The lowest BCUT2D eigenvalue weighted by atomic mass is 10.0. The largest absolute Gasteiger partial charge is 0.486 e. The van der Waals surface area contributed by atoms with Crippen LogP contribution in [-0.4, -0.2) is 23.4 Å². The standard InChI is InChI=1S/C14H10BrNO2S/c1-18-14(19)10-5-3-7-16-13(10)9-4-2-6-12(15)11(9)8-17/h2-8H,1H3. The average Bonchev–Trinajstić information content (AvgIpc) is 2.46. The fourth-order valence-corrected chi connectivity index (χ4v) is 2.38. The van der Waals surface area contributed by atoms with Gasteiger partial charge in [-0.1, -0.05) is 28.1 Å². The first-order valence-corrected chi connectivity index (χ1v) is 6.66. The Hall–Kier alpha value is -1.59. The fraction of sp³-hybridized carbons (Fsp3) is 0.0714. The van der Waals surface area contributed by atoms with Crippen molar-refractivity contribution < 1.29 is 9.53 Å². The summed E-state index contributed by atoms with van der Waals surface area (Å²) in [5.74, 6) is 0. The number of rotatable bonds is 3. The van der Waals surface area contributed by atoms with E-state index in [2.05, 4.69) is 20.9 Å². The van der Waals surface area contributed by atoms with E-state index in [4.69, 9.17) is 17.0 Å². The minimum Gasteiger partial charge on any atom is -0.486 e. The summed E-state index contributed by atoms with van der Waals surface area (Å²) >= 11 is 8.52. The summed E-state index contributed by atoms with van der Waals surface area (Å²) in [5, 5.41) is 0.347. The van der Waals surface area contributed by atoms with Crippen LogP contribution in [0.2, 0.25) is 0 Å². The maximum atomic E-state index is 11.3. The van der Waals surface area contributed by atoms with Crippen molar-refractivity contribution in [2.75, 3.05) is 7.11 Å². The van der Waals surface area contributed by atoms with Gasteiger partial charge >= 0.3 is 0 Å². The third-order valence-corrected chi connectivity index (χ3v) is 3.72. The normalized spacial score (nSPS) is 10.0. The summed E-state index contributed by atoms with van der Waals surface area (Å²) in [5.41, 5.74) is 2.60.